The summed E-state index contributed by atoms with van der Waals surface area (Å²) in [5.41, 5.74) is 3.55. The smallest absolute Gasteiger partial charge is 0.255 e. The summed E-state index contributed by atoms with van der Waals surface area (Å²) in [6, 6.07) is 9.98. The van der Waals surface area contributed by atoms with Crippen LogP contribution < -0.4 is 5.32 Å². The SMILES string of the molecule is CCc1nn(-c2ccccc2)c(CC)c1C(=O)NCCN(C)C. The van der Waals surface area contributed by atoms with Gasteiger partial charge in [0.1, 0.15) is 0 Å². The lowest BCUT2D eigenvalue weighted by Gasteiger charge is -2.11. The maximum atomic E-state index is 12.6. The number of benzene rings is 1. The van der Waals surface area contributed by atoms with Crippen LogP contribution in [0.3, 0.4) is 0 Å². The number of hydrogen-bond donors (Lipinski definition) is 1. The molecule has 0 fully saturated rings. The summed E-state index contributed by atoms with van der Waals surface area (Å²) >= 11 is 0. The molecule has 0 aliphatic rings. The Bertz CT molecular complexity index is 647. The van der Waals surface area contributed by atoms with E-state index in [1.807, 2.05) is 56.0 Å². The van der Waals surface area contributed by atoms with Gasteiger partial charge in [0.15, 0.2) is 0 Å². The predicted octanol–water partition coefficient (Wildman–Crippen LogP) is 2.29. The van der Waals surface area contributed by atoms with Crippen LogP contribution in [-0.2, 0) is 12.8 Å². The number of nitrogens with one attached hydrogen (secondary N) is 1. The lowest BCUT2D eigenvalue weighted by atomic mass is 10.1. The fourth-order valence-corrected chi connectivity index (χ4v) is 2.60. The van der Waals surface area contributed by atoms with Crippen LogP contribution in [0.2, 0.25) is 0 Å². The number of aryl methyl sites for hydroxylation is 1. The number of aromatic nitrogens is 2. The number of carbonyl (C=O) groups excluding carboxylic acids is 1. The van der Waals surface area contributed by atoms with E-state index in [0.29, 0.717) is 6.54 Å². The second-order valence-corrected chi connectivity index (χ2v) is 5.78. The molecule has 1 heterocycles. The first kappa shape index (κ1) is 17.2. The van der Waals surface area contributed by atoms with Crippen LogP contribution in [0, 0.1) is 0 Å². The van der Waals surface area contributed by atoms with Gasteiger partial charge in [-0.1, -0.05) is 32.0 Å². The highest BCUT2D eigenvalue weighted by Gasteiger charge is 2.22. The average molecular weight is 314 g/mol. The van der Waals surface area contributed by atoms with Gasteiger partial charge < -0.3 is 10.2 Å². The van der Waals surface area contributed by atoms with Gasteiger partial charge in [-0.05, 0) is 39.1 Å². The zero-order valence-electron chi connectivity index (χ0n) is 14.5. The van der Waals surface area contributed by atoms with Crippen molar-refractivity contribution < 1.29 is 4.79 Å². The van der Waals surface area contributed by atoms with Gasteiger partial charge in [0.2, 0.25) is 0 Å². The Labute approximate surface area is 138 Å². The summed E-state index contributed by atoms with van der Waals surface area (Å²) in [5.74, 6) is -0.0252. The molecule has 0 spiro atoms. The molecule has 2 aromatic rings. The minimum absolute atomic E-state index is 0.0252. The highest BCUT2D eigenvalue weighted by atomic mass is 16.1. The number of rotatable bonds is 7. The molecule has 0 unspecified atom stereocenters. The molecule has 0 radical (unpaired) electrons. The van der Waals surface area contributed by atoms with E-state index in [0.717, 1.165) is 42.0 Å². The van der Waals surface area contributed by atoms with E-state index >= 15 is 0 Å². The first-order valence-corrected chi connectivity index (χ1v) is 8.17. The van der Waals surface area contributed by atoms with E-state index < -0.39 is 0 Å². The van der Waals surface area contributed by atoms with Gasteiger partial charge in [0, 0.05) is 13.1 Å². The highest BCUT2D eigenvalue weighted by Crippen LogP contribution is 2.20. The van der Waals surface area contributed by atoms with Crippen molar-refractivity contribution in [1.29, 1.82) is 0 Å². The first-order valence-electron chi connectivity index (χ1n) is 8.17. The summed E-state index contributed by atoms with van der Waals surface area (Å²) in [7, 11) is 3.99. The van der Waals surface area contributed by atoms with Gasteiger partial charge in [-0.3, -0.25) is 4.79 Å². The Hall–Kier alpha value is -2.14. The van der Waals surface area contributed by atoms with E-state index in [2.05, 4.69) is 22.2 Å². The molecule has 1 amide bonds. The molecule has 23 heavy (non-hydrogen) atoms. The number of amides is 1. The summed E-state index contributed by atoms with van der Waals surface area (Å²) < 4.78 is 1.90. The number of carbonyl (C=O) groups is 1. The van der Waals surface area contributed by atoms with Crippen molar-refractivity contribution in [1.82, 2.24) is 20.0 Å². The summed E-state index contributed by atoms with van der Waals surface area (Å²) in [6.07, 6.45) is 1.50. The molecule has 1 aromatic heterocycles. The molecule has 1 aromatic carbocycles. The molecule has 1 N–H and O–H groups in total. The molecular formula is C18H26N4O. The van der Waals surface area contributed by atoms with Gasteiger partial charge in [0.05, 0.1) is 22.6 Å². The Kier molecular flexibility index (Phi) is 5.93. The van der Waals surface area contributed by atoms with Crippen molar-refractivity contribution in [3.05, 3.63) is 47.3 Å². The molecule has 5 nitrogen and oxygen atoms in total. The summed E-state index contributed by atoms with van der Waals surface area (Å²) in [6.45, 7) is 5.55. The quantitative estimate of drug-likeness (QED) is 0.853. The largest absolute Gasteiger partial charge is 0.351 e. The topological polar surface area (TPSA) is 50.2 Å². The molecule has 0 atom stereocenters. The number of likely N-dealkylation sites (N-methyl/N-ethyl adjacent to an activating group) is 1. The number of para-hydroxylation sites is 1. The second-order valence-electron chi connectivity index (χ2n) is 5.78. The Morgan fingerprint density at radius 3 is 2.43 bits per heavy atom. The molecule has 5 heteroatoms. The third kappa shape index (κ3) is 3.99. The molecule has 0 bridgehead atoms. The van der Waals surface area contributed by atoms with Crippen LogP contribution in [0.1, 0.15) is 35.6 Å². The third-order valence-electron chi connectivity index (χ3n) is 3.80. The summed E-state index contributed by atoms with van der Waals surface area (Å²) in [5, 5.41) is 7.69. The fraction of sp³-hybridized carbons (Fsp3) is 0.444. The van der Waals surface area contributed by atoms with Gasteiger partial charge in [-0.25, -0.2) is 4.68 Å². The Balaban J connectivity index is 2.35. The zero-order chi connectivity index (χ0) is 16.8. The van der Waals surface area contributed by atoms with Crippen molar-refractivity contribution >= 4 is 5.91 Å². The highest BCUT2D eigenvalue weighted by molar-refractivity contribution is 5.96. The monoisotopic (exact) mass is 314 g/mol. The van der Waals surface area contributed by atoms with Crippen LogP contribution in [0.4, 0.5) is 0 Å². The van der Waals surface area contributed by atoms with Gasteiger partial charge in [0.25, 0.3) is 5.91 Å². The predicted molar refractivity (Wildman–Crippen MR) is 93.2 cm³/mol. The molecular weight excluding hydrogens is 288 g/mol. The summed E-state index contributed by atoms with van der Waals surface area (Å²) in [4.78, 5) is 14.7. The van der Waals surface area contributed by atoms with E-state index in [9.17, 15) is 4.79 Å². The minimum atomic E-state index is -0.0252. The van der Waals surface area contributed by atoms with Gasteiger partial charge in [-0.2, -0.15) is 5.10 Å². The van der Waals surface area contributed by atoms with E-state index in [1.54, 1.807) is 0 Å². The van der Waals surface area contributed by atoms with E-state index in [1.165, 1.54) is 0 Å². The maximum Gasteiger partial charge on any atom is 0.255 e. The van der Waals surface area contributed by atoms with E-state index in [4.69, 9.17) is 0 Å². The number of nitrogens with zero attached hydrogens (tertiary/aromatic N) is 3. The molecule has 2 rings (SSSR count). The first-order chi connectivity index (χ1) is 11.1. The molecule has 0 aliphatic carbocycles. The molecule has 0 aliphatic heterocycles. The standard InChI is InChI=1S/C18H26N4O/c1-5-15-17(18(23)19-12-13-21(3)4)16(6-2)22(20-15)14-10-8-7-9-11-14/h7-11H,5-6,12-13H2,1-4H3,(H,19,23). The van der Waals surface area contributed by atoms with Crippen LogP contribution in [-0.4, -0.2) is 47.8 Å². The second kappa shape index (κ2) is 7.92. The van der Waals surface area contributed by atoms with Crippen LogP contribution >= 0.6 is 0 Å². The average Bonchev–Trinajstić information content (AvgIpc) is 2.93. The normalized spacial score (nSPS) is 11.0. The Morgan fingerprint density at radius 2 is 1.87 bits per heavy atom. The third-order valence-corrected chi connectivity index (χ3v) is 3.80. The van der Waals surface area contributed by atoms with Crippen molar-refractivity contribution in [3.8, 4) is 5.69 Å². The minimum Gasteiger partial charge on any atom is -0.351 e. The fourth-order valence-electron chi connectivity index (χ4n) is 2.60. The zero-order valence-corrected chi connectivity index (χ0v) is 14.5. The van der Waals surface area contributed by atoms with Crippen LogP contribution in [0.15, 0.2) is 30.3 Å². The van der Waals surface area contributed by atoms with Crippen LogP contribution in [0.5, 0.6) is 0 Å². The Morgan fingerprint density at radius 1 is 1.17 bits per heavy atom. The lowest BCUT2D eigenvalue weighted by Crippen LogP contribution is -2.32. The maximum absolute atomic E-state index is 12.6. The number of hydrogen-bond acceptors (Lipinski definition) is 3. The van der Waals surface area contributed by atoms with Crippen molar-refractivity contribution in [2.45, 2.75) is 26.7 Å². The molecule has 0 saturated heterocycles. The van der Waals surface area contributed by atoms with Crippen molar-refractivity contribution in [2.24, 2.45) is 0 Å². The lowest BCUT2D eigenvalue weighted by molar-refractivity contribution is 0.0949. The molecule has 124 valence electrons. The van der Waals surface area contributed by atoms with Crippen molar-refractivity contribution in [3.63, 3.8) is 0 Å². The van der Waals surface area contributed by atoms with Gasteiger partial charge >= 0.3 is 0 Å². The van der Waals surface area contributed by atoms with Crippen LogP contribution in [0.25, 0.3) is 5.69 Å². The van der Waals surface area contributed by atoms with Gasteiger partial charge in [-0.15, -0.1) is 0 Å². The van der Waals surface area contributed by atoms with E-state index in [-0.39, 0.29) is 5.91 Å². The molecule has 0 saturated carbocycles. The van der Waals surface area contributed by atoms with Crippen molar-refractivity contribution in [2.75, 3.05) is 27.2 Å².